The van der Waals surface area contributed by atoms with Gasteiger partial charge in [-0.1, -0.05) is 33.1 Å². The van der Waals surface area contributed by atoms with E-state index in [0.29, 0.717) is 19.6 Å². The Hall–Kier alpha value is -0.170. The van der Waals surface area contributed by atoms with Crippen LogP contribution < -0.4 is 5.32 Å². The second kappa shape index (κ2) is 7.40. The van der Waals surface area contributed by atoms with Crippen molar-refractivity contribution in [1.82, 2.24) is 13.9 Å². The van der Waals surface area contributed by atoms with Crippen molar-refractivity contribution in [1.29, 1.82) is 0 Å². The summed E-state index contributed by atoms with van der Waals surface area (Å²) in [4.78, 5) is 0. The highest BCUT2D eigenvalue weighted by molar-refractivity contribution is 7.86. The first kappa shape index (κ1) is 17.2. The predicted octanol–water partition coefficient (Wildman–Crippen LogP) is 1.96. The molecule has 6 heteroatoms. The fourth-order valence-corrected chi connectivity index (χ4v) is 5.97. The number of piperazine rings is 1. The number of rotatable bonds is 6. The Morgan fingerprint density at radius 2 is 1.71 bits per heavy atom. The number of nitrogens with zero attached hydrogens (tertiary/aromatic N) is 2. The van der Waals surface area contributed by atoms with E-state index in [4.69, 9.17) is 0 Å². The summed E-state index contributed by atoms with van der Waals surface area (Å²) < 4.78 is 29.9. The third-order valence-corrected chi connectivity index (χ3v) is 6.95. The molecule has 0 radical (unpaired) electrons. The van der Waals surface area contributed by atoms with Crippen LogP contribution in [-0.2, 0) is 10.2 Å². The van der Waals surface area contributed by atoms with Crippen LogP contribution in [0.1, 0.15) is 58.8 Å². The van der Waals surface area contributed by atoms with E-state index in [1.54, 1.807) is 4.31 Å². The van der Waals surface area contributed by atoms with Crippen LogP contribution >= 0.6 is 0 Å². The van der Waals surface area contributed by atoms with E-state index in [9.17, 15) is 8.42 Å². The van der Waals surface area contributed by atoms with E-state index in [1.807, 2.05) is 18.2 Å². The molecule has 124 valence electrons. The monoisotopic (exact) mass is 317 g/mol. The number of nitrogens with one attached hydrogen (secondary N) is 1. The van der Waals surface area contributed by atoms with Crippen LogP contribution in [0.25, 0.3) is 0 Å². The van der Waals surface area contributed by atoms with Crippen LogP contribution in [0.2, 0.25) is 0 Å². The van der Waals surface area contributed by atoms with Crippen LogP contribution in [0.4, 0.5) is 0 Å². The highest BCUT2D eigenvalue weighted by Crippen LogP contribution is 2.37. The van der Waals surface area contributed by atoms with Gasteiger partial charge in [-0.2, -0.15) is 17.0 Å². The summed E-state index contributed by atoms with van der Waals surface area (Å²) in [6, 6.07) is 0. The molecule has 5 nitrogen and oxygen atoms in total. The molecular weight excluding hydrogens is 286 g/mol. The van der Waals surface area contributed by atoms with Gasteiger partial charge in [-0.15, -0.1) is 0 Å². The van der Waals surface area contributed by atoms with Crippen LogP contribution in [0.5, 0.6) is 0 Å². The summed E-state index contributed by atoms with van der Waals surface area (Å²) in [5.41, 5.74) is -0.172. The summed E-state index contributed by atoms with van der Waals surface area (Å²) in [7, 11) is -3.33. The smallest absolute Gasteiger partial charge is 0.282 e. The Labute approximate surface area is 130 Å². The van der Waals surface area contributed by atoms with E-state index < -0.39 is 10.2 Å². The minimum Gasteiger partial charge on any atom is -0.314 e. The molecule has 0 aromatic carbocycles. The minimum atomic E-state index is -3.33. The fourth-order valence-electron chi connectivity index (χ4n) is 3.80. The van der Waals surface area contributed by atoms with Gasteiger partial charge in [0.25, 0.3) is 10.2 Å². The molecule has 1 saturated heterocycles. The van der Waals surface area contributed by atoms with Gasteiger partial charge in [-0.25, -0.2) is 0 Å². The molecule has 0 bridgehead atoms. The maximum Gasteiger partial charge on any atom is 0.282 e. The Kier molecular flexibility index (Phi) is 6.05. The molecule has 2 rings (SSSR count). The van der Waals surface area contributed by atoms with Crippen molar-refractivity contribution in [3.63, 3.8) is 0 Å². The van der Waals surface area contributed by atoms with Gasteiger partial charge in [-0.3, -0.25) is 0 Å². The van der Waals surface area contributed by atoms with Gasteiger partial charge in [0, 0.05) is 38.3 Å². The lowest BCUT2D eigenvalue weighted by molar-refractivity contribution is 0.0936. The van der Waals surface area contributed by atoms with Gasteiger partial charge in [0.05, 0.1) is 0 Å². The summed E-state index contributed by atoms with van der Waals surface area (Å²) in [6.45, 7) is 7.57. The van der Waals surface area contributed by atoms with Gasteiger partial charge in [0.1, 0.15) is 0 Å². The zero-order valence-corrected chi connectivity index (χ0v) is 14.4. The van der Waals surface area contributed by atoms with Gasteiger partial charge in [-0.05, 0) is 25.7 Å². The van der Waals surface area contributed by atoms with Crippen molar-refractivity contribution in [3.8, 4) is 0 Å². The fraction of sp³-hybridized carbons (Fsp3) is 1.00. The van der Waals surface area contributed by atoms with Crippen molar-refractivity contribution in [3.05, 3.63) is 0 Å². The van der Waals surface area contributed by atoms with Crippen molar-refractivity contribution >= 4 is 10.2 Å². The zero-order chi connectivity index (χ0) is 15.3. The molecule has 0 atom stereocenters. The van der Waals surface area contributed by atoms with E-state index in [2.05, 4.69) is 5.32 Å². The third kappa shape index (κ3) is 3.60. The molecule has 2 fully saturated rings. The van der Waals surface area contributed by atoms with E-state index in [0.717, 1.165) is 51.6 Å². The van der Waals surface area contributed by atoms with Gasteiger partial charge < -0.3 is 5.32 Å². The topological polar surface area (TPSA) is 52.7 Å². The molecule has 1 aliphatic heterocycles. The maximum absolute atomic E-state index is 13.2. The molecule has 1 spiro atoms. The Balaban J connectivity index is 2.25. The summed E-state index contributed by atoms with van der Waals surface area (Å²) in [6.07, 6.45) is 7.29. The van der Waals surface area contributed by atoms with Crippen molar-refractivity contribution in [2.75, 3.05) is 32.7 Å². The highest BCUT2D eigenvalue weighted by atomic mass is 32.2. The Bertz CT molecular complexity index is 404. The molecule has 1 aliphatic carbocycles. The highest BCUT2D eigenvalue weighted by Gasteiger charge is 2.47. The molecule has 2 aliphatic rings. The lowest BCUT2D eigenvalue weighted by Crippen LogP contribution is -2.65. The summed E-state index contributed by atoms with van der Waals surface area (Å²) in [5, 5.41) is 3.43. The second-order valence-electron chi connectivity index (χ2n) is 6.44. The average Bonchev–Trinajstić information content (AvgIpc) is 2.48. The standard InChI is InChI=1S/C15H31N3O2S/c1-3-11-17(12-4-2)21(19,20)18-13-10-16-14-15(18)8-6-5-7-9-15/h16H,3-14H2,1-2H3. The van der Waals surface area contributed by atoms with E-state index in [1.165, 1.54) is 6.42 Å². The van der Waals surface area contributed by atoms with Gasteiger partial charge >= 0.3 is 0 Å². The van der Waals surface area contributed by atoms with Crippen molar-refractivity contribution in [2.45, 2.75) is 64.3 Å². The van der Waals surface area contributed by atoms with Crippen molar-refractivity contribution < 1.29 is 8.42 Å². The molecule has 0 amide bonds. The number of hydrogen-bond acceptors (Lipinski definition) is 3. The van der Waals surface area contributed by atoms with Crippen LogP contribution in [-0.4, -0.2) is 55.3 Å². The lowest BCUT2D eigenvalue weighted by Gasteiger charge is -2.49. The molecule has 1 saturated carbocycles. The summed E-state index contributed by atoms with van der Waals surface area (Å²) >= 11 is 0. The van der Waals surface area contributed by atoms with E-state index in [-0.39, 0.29) is 5.54 Å². The normalized spacial score (nSPS) is 23.8. The molecule has 21 heavy (non-hydrogen) atoms. The molecule has 0 aromatic heterocycles. The lowest BCUT2D eigenvalue weighted by atomic mass is 9.80. The molecule has 1 heterocycles. The SMILES string of the molecule is CCCN(CCC)S(=O)(=O)N1CCNCC12CCCCC2. The quantitative estimate of drug-likeness (QED) is 0.815. The third-order valence-electron chi connectivity index (χ3n) is 4.81. The Morgan fingerprint density at radius 1 is 1.10 bits per heavy atom. The van der Waals surface area contributed by atoms with Gasteiger partial charge in [0.15, 0.2) is 0 Å². The van der Waals surface area contributed by atoms with Crippen molar-refractivity contribution in [2.24, 2.45) is 0 Å². The molecule has 0 aromatic rings. The maximum atomic E-state index is 13.2. The Morgan fingerprint density at radius 3 is 2.29 bits per heavy atom. The first-order chi connectivity index (χ1) is 10.1. The largest absolute Gasteiger partial charge is 0.314 e. The molecular formula is C15H31N3O2S. The van der Waals surface area contributed by atoms with Crippen LogP contribution in [0.15, 0.2) is 0 Å². The van der Waals surface area contributed by atoms with Crippen LogP contribution in [0.3, 0.4) is 0 Å². The molecule has 0 unspecified atom stereocenters. The zero-order valence-electron chi connectivity index (χ0n) is 13.6. The average molecular weight is 317 g/mol. The first-order valence-corrected chi connectivity index (χ1v) is 9.95. The number of hydrogen-bond donors (Lipinski definition) is 1. The predicted molar refractivity (Wildman–Crippen MR) is 86.5 cm³/mol. The minimum absolute atomic E-state index is 0.172. The van der Waals surface area contributed by atoms with E-state index >= 15 is 0 Å². The van der Waals surface area contributed by atoms with Crippen LogP contribution in [0, 0.1) is 0 Å². The first-order valence-electron chi connectivity index (χ1n) is 8.55. The summed E-state index contributed by atoms with van der Waals surface area (Å²) in [5.74, 6) is 0. The van der Waals surface area contributed by atoms with Gasteiger partial charge in [0.2, 0.25) is 0 Å². The second-order valence-corrected chi connectivity index (χ2v) is 8.29. The molecule has 1 N–H and O–H groups in total.